The van der Waals surface area contributed by atoms with Crippen LogP contribution in [0.3, 0.4) is 0 Å². The minimum atomic E-state index is -0.267. The van der Waals surface area contributed by atoms with Crippen molar-refractivity contribution in [2.24, 2.45) is 0 Å². The Morgan fingerprint density at radius 2 is 2.00 bits per heavy atom. The van der Waals surface area contributed by atoms with Crippen LogP contribution in [0.15, 0.2) is 12.4 Å². The van der Waals surface area contributed by atoms with Crippen LogP contribution in [0.1, 0.15) is 57.4 Å². The molecule has 0 aromatic carbocycles. The number of amides is 1. The first kappa shape index (κ1) is 15.4. The molecule has 0 aliphatic rings. The molecule has 1 amide bonds. The Balaban J connectivity index is 2.58. The third-order valence-electron chi connectivity index (χ3n) is 2.47. The van der Waals surface area contributed by atoms with E-state index in [0.717, 1.165) is 13.0 Å². The number of unbranched alkanes of at least 4 members (excludes halogenated alkanes) is 2. The molecule has 0 saturated carbocycles. The van der Waals surface area contributed by atoms with Gasteiger partial charge in [0.1, 0.15) is 17.8 Å². The Hall–Kier alpha value is -1.65. The Morgan fingerprint density at radius 1 is 1.26 bits per heavy atom. The third kappa shape index (κ3) is 6.18. The van der Waals surface area contributed by atoms with Crippen molar-refractivity contribution in [1.82, 2.24) is 15.3 Å². The first-order valence-corrected chi connectivity index (χ1v) is 6.81. The second kappa shape index (κ2) is 7.07. The van der Waals surface area contributed by atoms with Crippen molar-refractivity contribution < 1.29 is 4.79 Å². The molecule has 0 saturated heterocycles. The number of carbonyl (C=O) groups excluding carboxylic acids is 1. The molecular formula is C14H24N4O. The van der Waals surface area contributed by atoms with Gasteiger partial charge in [-0.15, -0.1) is 0 Å². The van der Waals surface area contributed by atoms with Crippen molar-refractivity contribution in [1.29, 1.82) is 0 Å². The van der Waals surface area contributed by atoms with E-state index < -0.39 is 0 Å². The SMILES string of the molecule is CCCCCNc1cc(C(=O)NC(C)(C)C)ncn1. The summed E-state index contributed by atoms with van der Waals surface area (Å²) in [4.78, 5) is 20.1. The van der Waals surface area contributed by atoms with Crippen LogP contribution < -0.4 is 10.6 Å². The zero-order chi connectivity index (χ0) is 14.3. The Kier molecular flexibility index (Phi) is 5.73. The number of hydrogen-bond acceptors (Lipinski definition) is 4. The van der Waals surface area contributed by atoms with Crippen molar-refractivity contribution >= 4 is 11.7 Å². The van der Waals surface area contributed by atoms with Gasteiger partial charge in [0.25, 0.3) is 5.91 Å². The molecule has 0 bridgehead atoms. The van der Waals surface area contributed by atoms with E-state index in [1.807, 2.05) is 20.8 Å². The lowest BCUT2D eigenvalue weighted by Gasteiger charge is -2.20. The van der Waals surface area contributed by atoms with Gasteiger partial charge in [0.05, 0.1) is 0 Å². The topological polar surface area (TPSA) is 66.9 Å². The molecule has 1 heterocycles. The average molecular weight is 264 g/mol. The zero-order valence-corrected chi connectivity index (χ0v) is 12.3. The highest BCUT2D eigenvalue weighted by Crippen LogP contribution is 2.07. The molecule has 0 fully saturated rings. The summed E-state index contributed by atoms with van der Waals surface area (Å²) >= 11 is 0. The molecule has 0 aliphatic heterocycles. The first-order valence-electron chi connectivity index (χ1n) is 6.81. The highest BCUT2D eigenvalue weighted by Gasteiger charge is 2.16. The van der Waals surface area contributed by atoms with Gasteiger partial charge in [-0.1, -0.05) is 19.8 Å². The predicted molar refractivity (Wildman–Crippen MR) is 77.3 cm³/mol. The number of nitrogens with one attached hydrogen (secondary N) is 2. The number of carbonyl (C=O) groups is 1. The van der Waals surface area contributed by atoms with Crippen molar-refractivity contribution in [3.05, 3.63) is 18.1 Å². The lowest BCUT2D eigenvalue weighted by atomic mass is 10.1. The second-order valence-corrected chi connectivity index (χ2v) is 5.63. The van der Waals surface area contributed by atoms with E-state index in [0.29, 0.717) is 11.5 Å². The van der Waals surface area contributed by atoms with E-state index in [4.69, 9.17) is 0 Å². The Morgan fingerprint density at radius 3 is 2.63 bits per heavy atom. The van der Waals surface area contributed by atoms with E-state index in [1.54, 1.807) is 6.07 Å². The van der Waals surface area contributed by atoms with Gasteiger partial charge in [-0.2, -0.15) is 0 Å². The standard InChI is InChI=1S/C14H24N4O/c1-5-6-7-8-15-12-9-11(16-10-17-12)13(19)18-14(2,3)4/h9-10H,5-8H2,1-4H3,(H,18,19)(H,15,16,17). The molecule has 19 heavy (non-hydrogen) atoms. The van der Waals surface area contributed by atoms with Crippen LogP contribution in [-0.2, 0) is 0 Å². The van der Waals surface area contributed by atoms with Crippen LogP contribution in [0, 0.1) is 0 Å². The van der Waals surface area contributed by atoms with E-state index in [-0.39, 0.29) is 11.4 Å². The quantitative estimate of drug-likeness (QED) is 0.775. The van der Waals surface area contributed by atoms with Crippen LogP contribution in [0.5, 0.6) is 0 Å². The summed E-state index contributed by atoms with van der Waals surface area (Å²) in [5, 5.41) is 6.09. The minimum absolute atomic E-state index is 0.175. The van der Waals surface area contributed by atoms with Gasteiger partial charge in [0.2, 0.25) is 0 Å². The fraction of sp³-hybridized carbons (Fsp3) is 0.643. The van der Waals surface area contributed by atoms with Gasteiger partial charge in [-0.3, -0.25) is 4.79 Å². The van der Waals surface area contributed by atoms with Crippen LogP contribution >= 0.6 is 0 Å². The smallest absolute Gasteiger partial charge is 0.270 e. The van der Waals surface area contributed by atoms with Gasteiger partial charge in [0, 0.05) is 18.2 Å². The van der Waals surface area contributed by atoms with E-state index >= 15 is 0 Å². The van der Waals surface area contributed by atoms with Gasteiger partial charge in [0.15, 0.2) is 0 Å². The minimum Gasteiger partial charge on any atom is -0.370 e. The molecule has 0 aliphatic carbocycles. The Labute approximate surface area is 115 Å². The summed E-state index contributed by atoms with van der Waals surface area (Å²) in [5.41, 5.74) is 0.124. The summed E-state index contributed by atoms with van der Waals surface area (Å²) in [6.07, 6.45) is 4.89. The molecule has 1 aromatic heterocycles. The number of rotatable bonds is 6. The van der Waals surface area contributed by atoms with E-state index in [1.165, 1.54) is 19.2 Å². The van der Waals surface area contributed by atoms with Crippen LogP contribution in [-0.4, -0.2) is 28.0 Å². The fourth-order valence-corrected chi connectivity index (χ4v) is 1.57. The van der Waals surface area contributed by atoms with E-state index in [2.05, 4.69) is 27.5 Å². The lowest BCUT2D eigenvalue weighted by Crippen LogP contribution is -2.41. The van der Waals surface area contributed by atoms with Crippen molar-refractivity contribution in [3.8, 4) is 0 Å². The molecule has 1 aromatic rings. The summed E-state index contributed by atoms with van der Waals surface area (Å²) in [6.45, 7) is 8.85. The van der Waals surface area contributed by atoms with Crippen LogP contribution in [0.2, 0.25) is 0 Å². The molecular weight excluding hydrogens is 240 g/mol. The number of aromatic nitrogens is 2. The summed E-state index contributed by atoms with van der Waals surface area (Å²) in [5.74, 6) is 0.525. The maximum atomic E-state index is 12.0. The number of nitrogens with zero attached hydrogens (tertiary/aromatic N) is 2. The maximum absolute atomic E-state index is 12.0. The molecule has 0 unspecified atom stereocenters. The molecule has 0 atom stereocenters. The molecule has 1 rings (SSSR count). The van der Waals surface area contributed by atoms with Gasteiger partial charge in [-0.05, 0) is 27.2 Å². The summed E-state index contributed by atoms with van der Waals surface area (Å²) in [6, 6.07) is 1.69. The van der Waals surface area contributed by atoms with Gasteiger partial charge in [-0.25, -0.2) is 9.97 Å². The van der Waals surface area contributed by atoms with Crippen LogP contribution in [0.25, 0.3) is 0 Å². The lowest BCUT2D eigenvalue weighted by molar-refractivity contribution is 0.0914. The summed E-state index contributed by atoms with van der Waals surface area (Å²) < 4.78 is 0. The zero-order valence-electron chi connectivity index (χ0n) is 12.3. The average Bonchev–Trinajstić information content (AvgIpc) is 2.33. The summed E-state index contributed by atoms with van der Waals surface area (Å²) in [7, 11) is 0. The Bertz CT molecular complexity index is 412. The largest absolute Gasteiger partial charge is 0.370 e. The second-order valence-electron chi connectivity index (χ2n) is 5.63. The highest BCUT2D eigenvalue weighted by molar-refractivity contribution is 5.93. The fourth-order valence-electron chi connectivity index (χ4n) is 1.57. The number of anilines is 1. The van der Waals surface area contributed by atoms with Crippen molar-refractivity contribution in [3.63, 3.8) is 0 Å². The first-order chi connectivity index (χ1) is 8.92. The van der Waals surface area contributed by atoms with Gasteiger partial charge >= 0.3 is 0 Å². The molecule has 5 nitrogen and oxygen atoms in total. The van der Waals surface area contributed by atoms with E-state index in [9.17, 15) is 4.79 Å². The van der Waals surface area contributed by atoms with Crippen molar-refractivity contribution in [2.45, 2.75) is 52.5 Å². The maximum Gasteiger partial charge on any atom is 0.270 e. The molecule has 5 heteroatoms. The monoisotopic (exact) mass is 264 g/mol. The normalized spacial score (nSPS) is 11.2. The predicted octanol–water partition coefficient (Wildman–Crippen LogP) is 2.61. The molecule has 106 valence electrons. The molecule has 2 N–H and O–H groups in total. The van der Waals surface area contributed by atoms with Crippen molar-refractivity contribution in [2.75, 3.05) is 11.9 Å². The van der Waals surface area contributed by atoms with Crippen LogP contribution in [0.4, 0.5) is 5.82 Å². The molecule has 0 spiro atoms. The highest BCUT2D eigenvalue weighted by atomic mass is 16.2. The number of hydrogen-bond donors (Lipinski definition) is 2. The van der Waals surface area contributed by atoms with Gasteiger partial charge < -0.3 is 10.6 Å². The third-order valence-corrected chi connectivity index (χ3v) is 2.47. The molecule has 0 radical (unpaired) electrons.